The van der Waals surface area contributed by atoms with Gasteiger partial charge in [-0.3, -0.25) is 4.79 Å². The second-order valence-corrected chi connectivity index (χ2v) is 4.71. The van der Waals surface area contributed by atoms with Crippen LogP contribution in [-0.2, 0) is 4.74 Å². The van der Waals surface area contributed by atoms with Crippen LogP contribution in [0.5, 0.6) is 17.2 Å². The van der Waals surface area contributed by atoms with E-state index >= 15 is 0 Å². The lowest BCUT2D eigenvalue weighted by atomic mass is 10.1. The van der Waals surface area contributed by atoms with E-state index in [4.69, 9.17) is 14.2 Å². The number of hydrogen-bond donors (Lipinski definition) is 1. The van der Waals surface area contributed by atoms with Crippen LogP contribution in [0.25, 0.3) is 0 Å². The molecule has 0 spiro atoms. The highest BCUT2D eigenvalue weighted by molar-refractivity contribution is 6.00. The van der Waals surface area contributed by atoms with Gasteiger partial charge in [-0.2, -0.15) is 0 Å². The number of carbonyl (C=O) groups excluding carboxylic acids is 2. The van der Waals surface area contributed by atoms with Crippen LogP contribution in [0.15, 0.2) is 36.4 Å². The Kier molecular flexibility index (Phi) is 5.36. The van der Waals surface area contributed by atoms with Gasteiger partial charge in [-0.05, 0) is 30.3 Å². The van der Waals surface area contributed by atoms with E-state index in [9.17, 15) is 19.1 Å². The van der Waals surface area contributed by atoms with Gasteiger partial charge in [0, 0.05) is 5.56 Å². The van der Waals surface area contributed by atoms with Crippen molar-refractivity contribution in [2.45, 2.75) is 0 Å². The van der Waals surface area contributed by atoms with Gasteiger partial charge in [0.05, 0.1) is 14.2 Å². The first-order valence-corrected chi connectivity index (χ1v) is 6.87. The van der Waals surface area contributed by atoms with E-state index in [1.165, 1.54) is 44.6 Å². The zero-order chi connectivity index (χ0) is 17.7. The molecule has 2 aromatic rings. The van der Waals surface area contributed by atoms with Crippen molar-refractivity contribution in [3.8, 4) is 17.2 Å². The average Bonchev–Trinajstić information content (AvgIpc) is 2.59. The molecular formula is C17H15FO6. The highest BCUT2D eigenvalue weighted by atomic mass is 19.1. The van der Waals surface area contributed by atoms with Gasteiger partial charge in [-0.25, -0.2) is 9.18 Å². The fraction of sp³-hybridized carbons (Fsp3) is 0.176. The first-order chi connectivity index (χ1) is 11.5. The second kappa shape index (κ2) is 7.45. The maximum absolute atomic E-state index is 13.6. The predicted molar refractivity (Wildman–Crippen MR) is 82.2 cm³/mol. The molecule has 0 fully saturated rings. The molecule has 0 saturated carbocycles. The van der Waals surface area contributed by atoms with Crippen LogP contribution < -0.4 is 9.47 Å². The summed E-state index contributed by atoms with van der Waals surface area (Å²) in [6.45, 7) is -0.596. The summed E-state index contributed by atoms with van der Waals surface area (Å²) in [5, 5.41) is 9.86. The van der Waals surface area contributed by atoms with E-state index < -0.39 is 24.2 Å². The van der Waals surface area contributed by atoms with Crippen molar-refractivity contribution in [2.24, 2.45) is 0 Å². The first-order valence-electron chi connectivity index (χ1n) is 6.87. The largest absolute Gasteiger partial charge is 0.504 e. The molecule has 0 saturated heterocycles. The number of esters is 1. The minimum absolute atomic E-state index is 0.00449. The summed E-state index contributed by atoms with van der Waals surface area (Å²) in [6.07, 6.45) is 0. The molecule has 2 aromatic carbocycles. The molecule has 0 amide bonds. The van der Waals surface area contributed by atoms with Gasteiger partial charge in [0.2, 0.25) is 0 Å². The fourth-order valence-electron chi connectivity index (χ4n) is 1.98. The van der Waals surface area contributed by atoms with Crippen molar-refractivity contribution < 1.29 is 33.3 Å². The third kappa shape index (κ3) is 3.62. The van der Waals surface area contributed by atoms with Crippen molar-refractivity contribution in [1.29, 1.82) is 0 Å². The number of aromatic hydroxyl groups is 1. The Bertz CT molecular complexity index is 772. The normalized spacial score (nSPS) is 10.1. The number of ketones is 1. The summed E-state index contributed by atoms with van der Waals surface area (Å²) in [5.74, 6) is -2.45. The monoisotopic (exact) mass is 334 g/mol. The molecule has 2 rings (SSSR count). The summed E-state index contributed by atoms with van der Waals surface area (Å²) in [6, 6.07) is 7.96. The zero-order valence-electron chi connectivity index (χ0n) is 13.0. The molecular weight excluding hydrogens is 319 g/mol. The van der Waals surface area contributed by atoms with E-state index in [-0.39, 0.29) is 28.4 Å². The molecule has 0 aromatic heterocycles. The molecule has 0 heterocycles. The van der Waals surface area contributed by atoms with E-state index in [2.05, 4.69) is 0 Å². The Balaban J connectivity index is 2.06. The molecule has 0 aliphatic heterocycles. The molecule has 7 heteroatoms. The van der Waals surface area contributed by atoms with Crippen molar-refractivity contribution >= 4 is 11.8 Å². The van der Waals surface area contributed by atoms with Crippen molar-refractivity contribution in [1.82, 2.24) is 0 Å². The van der Waals surface area contributed by atoms with Gasteiger partial charge in [-0.1, -0.05) is 6.07 Å². The Morgan fingerprint density at radius 3 is 2.42 bits per heavy atom. The maximum atomic E-state index is 13.6. The van der Waals surface area contributed by atoms with E-state index in [0.717, 1.165) is 6.07 Å². The summed E-state index contributed by atoms with van der Waals surface area (Å²) in [5.41, 5.74) is -0.0981. The minimum Gasteiger partial charge on any atom is -0.504 e. The highest BCUT2D eigenvalue weighted by Gasteiger charge is 2.18. The number of halogens is 1. The standard InChI is InChI=1S/C17H15FO6/c1-22-14-7-6-10(8-12(14)18)13(19)9-24-17(21)11-4-3-5-15(23-2)16(11)20/h3-8,20H,9H2,1-2H3. The van der Waals surface area contributed by atoms with Crippen LogP contribution in [0.3, 0.4) is 0 Å². The van der Waals surface area contributed by atoms with E-state index in [1.54, 1.807) is 0 Å². The number of phenols is 1. The molecule has 0 radical (unpaired) electrons. The number of para-hydroxylation sites is 1. The molecule has 0 unspecified atom stereocenters. The first kappa shape index (κ1) is 17.3. The summed E-state index contributed by atoms with van der Waals surface area (Å²) < 4.78 is 28.1. The molecule has 0 atom stereocenters. The topological polar surface area (TPSA) is 82.1 Å². The van der Waals surface area contributed by atoms with Gasteiger partial charge in [0.1, 0.15) is 5.56 Å². The number of benzene rings is 2. The fourth-order valence-corrected chi connectivity index (χ4v) is 1.98. The maximum Gasteiger partial charge on any atom is 0.342 e. The van der Waals surface area contributed by atoms with Crippen LogP contribution in [-0.4, -0.2) is 37.7 Å². The van der Waals surface area contributed by atoms with E-state index in [1.807, 2.05) is 0 Å². The van der Waals surface area contributed by atoms with Crippen LogP contribution in [0.2, 0.25) is 0 Å². The number of carbonyl (C=O) groups is 2. The third-order valence-corrected chi connectivity index (χ3v) is 3.25. The lowest BCUT2D eigenvalue weighted by Crippen LogP contribution is -2.14. The number of phenolic OH excluding ortho intramolecular Hbond substituents is 1. The van der Waals surface area contributed by atoms with Crippen LogP contribution in [0.4, 0.5) is 4.39 Å². The molecule has 1 N–H and O–H groups in total. The predicted octanol–water partition coefficient (Wildman–Crippen LogP) is 2.59. The van der Waals surface area contributed by atoms with Gasteiger partial charge in [0.15, 0.2) is 35.5 Å². The number of methoxy groups -OCH3 is 2. The summed E-state index contributed by atoms with van der Waals surface area (Å²) in [7, 11) is 2.65. The highest BCUT2D eigenvalue weighted by Crippen LogP contribution is 2.29. The van der Waals surface area contributed by atoms with Crippen molar-refractivity contribution in [3.05, 3.63) is 53.3 Å². The molecule has 126 valence electrons. The van der Waals surface area contributed by atoms with Crippen molar-refractivity contribution in [2.75, 3.05) is 20.8 Å². The SMILES string of the molecule is COc1ccc(C(=O)COC(=O)c2cccc(OC)c2O)cc1F. The molecule has 0 bridgehead atoms. The Morgan fingerprint density at radius 2 is 1.79 bits per heavy atom. The molecule has 0 aliphatic rings. The molecule has 6 nitrogen and oxygen atoms in total. The minimum atomic E-state index is -0.895. The lowest BCUT2D eigenvalue weighted by molar-refractivity contribution is 0.0471. The number of rotatable bonds is 6. The molecule has 0 aliphatic carbocycles. The lowest BCUT2D eigenvalue weighted by Gasteiger charge is -2.09. The molecule has 24 heavy (non-hydrogen) atoms. The smallest absolute Gasteiger partial charge is 0.342 e. The van der Waals surface area contributed by atoms with Gasteiger partial charge < -0.3 is 19.3 Å². The van der Waals surface area contributed by atoms with Gasteiger partial charge >= 0.3 is 5.97 Å². The number of hydrogen-bond acceptors (Lipinski definition) is 6. The van der Waals surface area contributed by atoms with Crippen LogP contribution in [0.1, 0.15) is 20.7 Å². The van der Waals surface area contributed by atoms with Gasteiger partial charge in [0.25, 0.3) is 0 Å². The Hall–Kier alpha value is -3.09. The Labute approximate surface area is 137 Å². The zero-order valence-corrected chi connectivity index (χ0v) is 13.0. The van der Waals surface area contributed by atoms with Gasteiger partial charge in [-0.15, -0.1) is 0 Å². The quantitative estimate of drug-likeness (QED) is 0.646. The van der Waals surface area contributed by atoms with E-state index in [0.29, 0.717) is 0 Å². The van der Waals surface area contributed by atoms with Crippen LogP contribution >= 0.6 is 0 Å². The summed E-state index contributed by atoms with van der Waals surface area (Å²) >= 11 is 0. The van der Waals surface area contributed by atoms with Crippen molar-refractivity contribution in [3.63, 3.8) is 0 Å². The Morgan fingerprint density at radius 1 is 1.08 bits per heavy atom. The third-order valence-electron chi connectivity index (χ3n) is 3.25. The average molecular weight is 334 g/mol. The van der Waals surface area contributed by atoms with Crippen LogP contribution in [0, 0.1) is 5.82 Å². The number of Topliss-reactive ketones (excluding diaryl/α,β-unsaturated/α-hetero) is 1. The summed E-state index contributed by atoms with van der Waals surface area (Å²) in [4.78, 5) is 23.9. The second-order valence-electron chi connectivity index (χ2n) is 4.71. The number of ether oxygens (including phenoxy) is 3.